The number of carbonyl (C=O) groups excluding carboxylic acids is 1. The summed E-state index contributed by atoms with van der Waals surface area (Å²) in [6.07, 6.45) is 4.36. The highest BCUT2D eigenvalue weighted by molar-refractivity contribution is 5.66. The molecule has 0 radical (unpaired) electrons. The molecule has 1 heterocycles. The number of hydrogen-bond acceptors (Lipinski definition) is 3. The second-order valence-corrected chi connectivity index (χ2v) is 3.52. The zero-order chi connectivity index (χ0) is 9.73. The minimum atomic E-state index is -0.279. The first-order valence-corrected chi connectivity index (χ1v) is 4.70. The van der Waals surface area contributed by atoms with Gasteiger partial charge in [0, 0.05) is 26.2 Å². The monoisotopic (exact) mass is 183 g/mol. The third kappa shape index (κ3) is 2.84. The van der Waals surface area contributed by atoms with Crippen molar-refractivity contribution in [3.8, 4) is 0 Å². The van der Waals surface area contributed by atoms with Crippen molar-refractivity contribution in [2.24, 2.45) is 0 Å². The van der Waals surface area contributed by atoms with Crippen molar-refractivity contribution in [2.75, 3.05) is 13.1 Å². The number of carbonyl (C=O) groups is 1. The maximum absolute atomic E-state index is 10.9. The first-order valence-electron chi connectivity index (χ1n) is 4.70. The van der Waals surface area contributed by atoms with E-state index < -0.39 is 0 Å². The Labute approximate surface area is 79.2 Å². The fraction of sp³-hybridized carbons (Fsp3) is 0.700. The standard InChI is InChI=1S/C10H17NO2/c1-3-4-10(13-9(2)12)5-7-11-8-6-10/h3,11H,1,4-8H2,2H3. The molecule has 1 rings (SSSR count). The largest absolute Gasteiger partial charge is 0.459 e. The Morgan fingerprint density at radius 3 is 2.69 bits per heavy atom. The third-order valence-corrected chi connectivity index (χ3v) is 2.39. The van der Waals surface area contributed by atoms with Gasteiger partial charge < -0.3 is 10.1 Å². The van der Waals surface area contributed by atoms with Crippen LogP contribution in [0.4, 0.5) is 0 Å². The fourth-order valence-corrected chi connectivity index (χ4v) is 1.80. The van der Waals surface area contributed by atoms with Gasteiger partial charge in [0.1, 0.15) is 5.60 Å². The maximum Gasteiger partial charge on any atom is 0.303 e. The van der Waals surface area contributed by atoms with Gasteiger partial charge in [0.2, 0.25) is 0 Å². The summed E-state index contributed by atoms with van der Waals surface area (Å²) in [6.45, 7) is 7.00. The lowest BCUT2D eigenvalue weighted by Gasteiger charge is -2.36. The molecule has 0 aliphatic carbocycles. The van der Waals surface area contributed by atoms with Crippen molar-refractivity contribution in [3.63, 3.8) is 0 Å². The molecule has 13 heavy (non-hydrogen) atoms. The Balaban J connectivity index is 2.60. The molecule has 0 amide bonds. The maximum atomic E-state index is 10.9. The van der Waals surface area contributed by atoms with Crippen molar-refractivity contribution in [1.29, 1.82) is 0 Å². The van der Waals surface area contributed by atoms with Gasteiger partial charge in [-0.15, -0.1) is 6.58 Å². The Hall–Kier alpha value is -0.830. The van der Waals surface area contributed by atoms with Gasteiger partial charge in [0.15, 0.2) is 0 Å². The first-order chi connectivity index (χ1) is 6.18. The van der Waals surface area contributed by atoms with Crippen LogP contribution in [0.2, 0.25) is 0 Å². The molecule has 0 aromatic carbocycles. The van der Waals surface area contributed by atoms with E-state index in [1.165, 1.54) is 6.92 Å². The molecule has 0 aromatic heterocycles. The van der Waals surface area contributed by atoms with Crippen LogP contribution in [0.15, 0.2) is 12.7 Å². The molecule has 0 aromatic rings. The van der Waals surface area contributed by atoms with E-state index in [0.29, 0.717) is 0 Å². The van der Waals surface area contributed by atoms with Gasteiger partial charge >= 0.3 is 5.97 Å². The summed E-state index contributed by atoms with van der Waals surface area (Å²) in [7, 11) is 0. The topological polar surface area (TPSA) is 38.3 Å². The van der Waals surface area contributed by atoms with Gasteiger partial charge in [0.05, 0.1) is 0 Å². The molecule has 1 fully saturated rings. The minimum absolute atomic E-state index is 0.191. The third-order valence-electron chi connectivity index (χ3n) is 2.39. The van der Waals surface area contributed by atoms with E-state index in [2.05, 4.69) is 11.9 Å². The van der Waals surface area contributed by atoms with E-state index in [4.69, 9.17) is 4.74 Å². The van der Waals surface area contributed by atoms with Crippen LogP contribution in [0, 0.1) is 0 Å². The highest BCUT2D eigenvalue weighted by Gasteiger charge is 2.33. The van der Waals surface area contributed by atoms with Crippen LogP contribution in [0.5, 0.6) is 0 Å². The minimum Gasteiger partial charge on any atom is -0.459 e. The number of esters is 1. The number of hydrogen-bond donors (Lipinski definition) is 1. The molecule has 3 nitrogen and oxygen atoms in total. The lowest BCUT2D eigenvalue weighted by atomic mass is 9.89. The predicted octanol–water partition coefficient (Wildman–Crippen LogP) is 1.25. The predicted molar refractivity (Wildman–Crippen MR) is 51.4 cm³/mol. The van der Waals surface area contributed by atoms with Crippen molar-refractivity contribution in [1.82, 2.24) is 5.32 Å². The van der Waals surface area contributed by atoms with Crippen molar-refractivity contribution in [3.05, 3.63) is 12.7 Å². The zero-order valence-corrected chi connectivity index (χ0v) is 8.14. The summed E-state index contributed by atoms with van der Waals surface area (Å²) in [4.78, 5) is 10.9. The normalized spacial score (nSPS) is 20.7. The smallest absolute Gasteiger partial charge is 0.303 e. The van der Waals surface area contributed by atoms with E-state index in [1.54, 1.807) is 0 Å². The van der Waals surface area contributed by atoms with Gasteiger partial charge in [-0.1, -0.05) is 6.08 Å². The molecule has 0 unspecified atom stereocenters. The van der Waals surface area contributed by atoms with Gasteiger partial charge in [-0.3, -0.25) is 4.79 Å². The second-order valence-electron chi connectivity index (χ2n) is 3.52. The molecule has 1 N–H and O–H groups in total. The molecule has 74 valence electrons. The van der Waals surface area contributed by atoms with E-state index >= 15 is 0 Å². The summed E-state index contributed by atoms with van der Waals surface area (Å²) in [5, 5.41) is 3.25. The number of nitrogens with one attached hydrogen (secondary N) is 1. The van der Waals surface area contributed by atoms with Crippen LogP contribution >= 0.6 is 0 Å². The molecular weight excluding hydrogens is 166 g/mol. The van der Waals surface area contributed by atoms with Crippen LogP contribution in [-0.4, -0.2) is 24.7 Å². The number of rotatable bonds is 3. The Bertz CT molecular complexity index is 195. The van der Waals surface area contributed by atoms with Crippen molar-refractivity contribution < 1.29 is 9.53 Å². The quantitative estimate of drug-likeness (QED) is 0.528. The first kappa shape index (κ1) is 10.3. The van der Waals surface area contributed by atoms with Crippen LogP contribution in [-0.2, 0) is 9.53 Å². The molecule has 3 heteroatoms. The van der Waals surface area contributed by atoms with E-state index in [9.17, 15) is 4.79 Å². The van der Waals surface area contributed by atoms with Gasteiger partial charge in [-0.2, -0.15) is 0 Å². The number of ether oxygens (including phenoxy) is 1. The summed E-state index contributed by atoms with van der Waals surface area (Å²) < 4.78 is 5.37. The molecule has 0 bridgehead atoms. The lowest BCUT2D eigenvalue weighted by Crippen LogP contribution is -2.44. The average Bonchev–Trinajstić information content (AvgIpc) is 2.04. The molecular formula is C10H17NO2. The van der Waals surface area contributed by atoms with Crippen LogP contribution < -0.4 is 5.32 Å². The molecule has 0 atom stereocenters. The number of piperidine rings is 1. The Morgan fingerprint density at radius 1 is 1.62 bits per heavy atom. The highest BCUT2D eigenvalue weighted by atomic mass is 16.6. The van der Waals surface area contributed by atoms with Crippen LogP contribution in [0.25, 0.3) is 0 Å². The SMILES string of the molecule is C=CCC1(OC(C)=O)CCNCC1. The lowest BCUT2D eigenvalue weighted by molar-refractivity contribution is -0.159. The Kier molecular flexibility index (Phi) is 3.48. The summed E-state index contributed by atoms with van der Waals surface area (Å²) >= 11 is 0. The summed E-state index contributed by atoms with van der Waals surface area (Å²) in [6, 6.07) is 0. The van der Waals surface area contributed by atoms with Gasteiger partial charge in [-0.05, 0) is 13.1 Å². The van der Waals surface area contributed by atoms with Gasteiger partial charge in [0.25, 0.3) is 0 Å². The second kappa shape index (κ2) is 4.42. The molecule has 0 spiro atoms. The summed E-state index contributed by atoms with van der Waals surface area (Å²) in [5.74, 6) is -0.191. The van der Waals surface area contributed by atoms with Crippen LogP contribution in [0.3, 0.4) is 0 Å². The van der Waals surface area contributed by atoms with Gasteiger partial charge in [-0.25, -0.2) is 0 Å². The molecule has 0 saturated carbocycles. The van der Waals surface area contributed by atoms with Crippen molar-refractivity contribution in [2.45, 2.75) is 31.8 Å². The summed E-state index contributed by atoms with van der Waals surface area (Å²) in [5.41, 5.74) is -0.279. The molecule has 1 aliphatic rings. The van der Waals surface area contributed by atoms with E-state index in [-0.39, 0.29) is 11.6 Å². The Morgan fingerprint density at radius 2 is 2.23 bits per heavy atom. The fourth-order valence-electron chi connectivity index (χ4n) is 1.80. The van der Waals surface area contributed by atoms with Crippen molar-refractivity contribution >= 4 is 5.97 Å². The molecule has 1 aliphatic heterocycles. The average molecular weight is 183 g/mol. The van der Waals surface area contributed by atoms with E-state index in [1.807, 2.05) is 6.08 Å². The molecule has 1 saturated heterocycles. The van der Waals surface area contributed by atoms with Crippen LogP contribution in [0.1, 0.15) is 26.2 Å². The zero-order valence-electron chi connectivity index (χ0n) is 8.14. The highest BCUT2D eigenvalue weighted by Crippen LogP contribution is 2.27. The van der Waals surface area contributed by atoms with E-state index in [0.717, 1.165) is 32.4 Å².